The molecule has 1 heterocycles. The largest absolute Gasteiger partial charge is 0.378 e. The van der Waals surface area contributed by atoms with Gasteiger partial charge in [0, 0.05) is 11.1 Å². The lowest BCUT2D eigenvalue weighted by Gasteiger charge is -2.19. The Morgan fingerprint density at radius 2 is 2.14 bits per heavy atom. The average molecular weight is 354 g/mol. The molecule has 2 atom stereocenters. The molecule has 0 amide bonds. The molecule has 1 saturated heterocycles. The fraction of sp³-hybridized carbons (Fsp3) is 0.667. The molecule has 118 valence electrons. The molecule has 21 heavy (non-hydrogen) atoms. The zero-order valence-electron chi connectivity index (χ0n) is 13.1. The van der Waals surface area contributed by atoms with E-state index in [-0.39, 0.29) is 0 Å². The maximum absolute atomic E-state index is 5.77. The summed E-state index contributed by atoms with van der Waals surface area (Å²) >= 11 is 3.51. The molecule has 0 radical (unpaired) electrons. The Balaban J connectivity index is 1.82. The van der Waals surface area contributed by atoms with Gasteiger partial charge >= 0.3 is 0 Å². The molecule has 3 heteroatoms. The highest BCUT2D eigenvalue weighted by molar-refractivity contribution is 9.10. The highest BCUT2D eigenvalue weighted by atomic mass is 79.9. The van der Waals surface area contributed by atoms with E-state index in [1.54, 1.807) is 0 Å². The Bertz CT molecular complexity index is 387. The Hall–Kier alpha value is -0.380. The molecule has 1 aliphatic heterocycles. The Morgan fingerprint density at radius 3 is 2.81 bits per heavy atom. The number of benzene rings is 1. The second kappa shape index (κ2) is 9.60. The summed E-state index contributed by atoms with van der Waals surface area (Å²) in [5.74, 6) is 0.710. The number of rotatable bonds is 9. The molecule has 0 aliphatic carbocycles. The Labute approximate surface area is 137 Å². The van der Waals surface area contributed by atoms with Crippen molar-refractivity contribution in [1.82, 2.24) is 5.32 Å². The van der Waals surface area contributed by atoms with E-state index in [1.165, 1.54) is 37.7 Å². The first-order chi connectivity index (χ1) is 10.3. The highest BCUT2D eigenvalue weighted by Crippen LogP contribution is 2.22. The average Bonchev–Trinajstić information content (AvgIpc) is 3.00. The molecule has 2 nitrogen and oxygen atoms in total. The van der Waals surface area contributed by atoms with Gasteiger partial charge in [-0.2, -0.15) is 0 Å². The van der Waals surface area contributed by atoms with E-state index in [1.807, 2.05) is 0 Å². The van der Waals surface area contributed by atoms with Crippen molar-refractivity contribution < 1.29 is 4.74 Å². The quantitative estimate of drug-likeness (QED) is 0.656. The molecule has 0 saturated carbocycles. The fourth-order valence-corrected chi connectivity index (χ4v) is 3.27. The van der Waals surface area contributed by atoms with Gasteiger partial charge in [0.1, 0.15) is 0 Å². The Morgan fingerprint density at radius 1 is 1.33 bits per heavy atom. The van der Waals surface area contributed by atoms with Gasteiger partial charge in [0.15, 0.2) is 0 Å². The van der Waals surface area contributed by atoms with Crippen LogP contribution < -0.4 is 5.32 Å². The van der Waals surface area contributed by atoms with Gasteiger partial charge in [-0.05, 0) is 75.2 Å². The number of ether oxygens (including phenoxy) is 1. The van der Waals surface area contributed by atoms with Crippen LogP contribution in [-0.2, 0) is 11.2 Å². The van der Waals surface area contributed by atoms with Crippen LogP contribution in [0.5, 0.6) is 0 Å². The minimum atomic E-state index is 0.517. The summed E-state index contributed by atoms with van der Waals surface area (Å²) in [5, 5.41) is 3.59. The summed E-state index contributed by atoms with van der Waals surface area (Å²) in [6, 6.07) is 8.77. The number of hydrogen-bond acceptors (Lipinski definition) is 2. The van der Waals surface area contributed by atoms with E-state index in [9.17, 15) is 0 Å². The van der Waals surface area contributed by atoms with Crippen molar-refractivity contribution in [3.05, 3.63) is 34.3 Å². The van der Waals surface area contributed by atoms with E-state index < -0.39 is 0 Å². The summed E-state index contributed by atoms with van der Waals surface area (Å²) in [7, 11) is 0. The van der Waals surface area contributed by atoms with Gasteiger partial charge < -0.3 is 10.1 Å². The van der Waals surface area contributed by atoms with Crippen LogP contribution in [0.25, 0.3) is 0 Å². The lowest BCUT2D eigenvalue weighted by molar-refractivity contribution is 0.0979. The summed E-state index contributed by atoms with van der Waals surface area (Å²) in [6.45, 7) is 5.44. The zero-order chi connectivity index (χ0) is 14.9. The fourth-order valence-electron chi connectivity index (χ4n) is 3.01. The van der Waals surface area contributed by atoms with Crippen molar-refractivity contribution in [1.29, 1.82) is 0 Å². The van der Waals surface area contributed by atoms with Crippen molar-refractivity contribution in [2.24, 2.45) is 5.92 Å². The summed E-state index contributed by atoms with van der Waals surface area (Å²) in [4.78, 5) is 0. The minimum Gasteiger partial charge on any atom is -0.378 e. The van der Waals surface area contributed by atoms with Gasteiger partial charge in [0.25, 0.3) is 0 Å². The van der Waals surface area contributed by atoms with Gasteiger partial charge in [0.05, 0.1) is 6.10 Å². The van der Waals surface area contributed by atoms with E-state index >= 15 is 0 Å². The van der Waals surface area contributed by atoms with Gasteiger partial charge in [-0.25, -0.2) is 0 Å². The number of halogens is 1. The first-order valence-corrected chi connectivity index (χ1v) is 9.14. The smallest absolute Gasteiger partial charge is 0.0576 e. The lowest BCUT2D eigenvalue weighted by atomic mass is 9.93. The molecule has 0 aromatic heterocycles. The van der Waals surface area contributed by atoms with E-state index in [2.05, 4.69) is 52.4 Å². The SMILES string of the molecule is CCCNCC(CCC1CCCO1)Cc1ccc(Br)cc1. The zero-order valence-corrected chi connectivity index (χ0v) is 14.7. The maximum atomic E-state index is 5.77. The third-order valence-corrected chi connectivity index (χ3v) is 4.75. The van der Waals surface area contributed by atoms with Gasteiger partial charge in [-0.3, -0.25) is 0 Å². The molecule has 2 unspecified atom stereocenters. The van der Waals surface area contributed by atoms with Gasteiger partial charge in [0.2, 0.25) is 0 Å². The molecule has 1 aromatic carbocycles. The van der Waals surface area contributed by atoms with Crippen LogP contribution in [0.15, 0.2) is 28.7 Å². The van der Waals surface area contributed by atoms with Crippen LogP contribution in [0.2, 0.25) is 0 Å². The second-order valence-electron chi connectivity index (χ2n) is 6.11. The van der Waals surface area contributed by atoms with Crippen LogP contribution in [0.3, 0.4) is 0 Å². The third-order valence-electron chi connectivity index (χ3n) is 4.22. The predicted molar refractivity (Wildman–Crippen MR) is 92.7 cm³/mol. The van der Waals surface area contributed by atoms with E-state index in [0.29, 0.717) is 12.0 Å². The predicted octanol–water partition coefficient (Wildman–Crippen LogP) is 4.57. The van der Waals surface area contributed by atoms with E-state index in [0.717, 1.165) is 30.6 Å². The molecule has 1 N–H and O–H groups in total. The summed E-state index contributed by atoms with van der Waals surface area (Å²) in [5.41, 5.74) is 1.44. The monoisotopic (exact) mass is 353 g/mol. The molecule has 1 aromatic rings. The topological polar surface area (TPSA) is 21.3 Å². The van der Waals surface area contributed by atoms with Crippen LogP contribution >= 0.6 is 15.9 Å². The van der Waals surface area contributed by atoms with Crippen molar-refractivity contribution in [3.8, 4) is 0 Å². The minimum absolute atomic E-state index is 0.517. The van der Waals surface area contributed by atoms with Gasteiger partial charge in [-0.15, -0.1) is 0 Å². The molecule has 1 fully saturated rings. The van der Waals surface area contributed by atoms with Crippen LogP contribution in [-0.4, -0.2) is 25.8 Å². The van der Waals surface area contributed by atoms with Crippen molar-refractivity contribution in [3.63, 3.8) is 0 Å². The number of nitrogens with one attached hydrogen (secondary N) is 1. The first kappa shape index (κ1) is 17.0. The van der Waals surface area contributed by atoms with Crippen molar-refractivity contribution >= 4 is 15.9 Å². The number of hydrogen-bond donors (Lipinski definition) is 1. The molecular weight excluding hydrogens is 326 g/mol. The standard InChI is InChI=1S/C18H28BrNO/c1-2-11-20-14-16(7-10-18-4-3-12-21-18)13-15-5-8-17(19)9-6-15/h5-6,8-9,16,18,20H,2-4,7,10-14H2,1H3. The Kier molecular flexibility index (Phi) is 7.76. The van der Waals surface area contributed by atoms with Crippen LogP contribution in [0.1, 0.15) is 44.6 Å². The van der Waals surface area contributed by atoms with Crippen molar-refractivity contribution in [2.45, 2.75) is 51.6 Å². The molecule has 0 spiro atoms. The van der Waals surface area contributed by atoms with Gasteiger partial charge in [-0.1, -0.05) is 35.0 Å². The molecule has 1 aliphatic rings. The highest BCUT2D eigenvalue weighted by Gasteiger charge is 2.18. The third kappa shape index (κ3) is 6.50. The first-order valence-electron chi connectivity index (χ1n) is 8.34. The van der Waals surface area contributed by atoms with Crippen LogP contribution in [0.4, 0.5) is 0 Å². The molecule has 0 bridgehead atoms. The molecule has 2 rings (SSSR count). The second-order valence-corrected chi connectivity index (χ2v) is 7.03. The van der Waals surface area contributed by atoms with Crippen LogP contribution in [0, 0.1) is 5.92 Å². The maximum Gasteiger partial charge on any atom is 0.0576 e. The van der Waals surface area contributed by atoms with E-state index in [4.69, 9.17) is 4.74 Å². The van der Waals surface area contributed by atoms with Crippen molar-refractivity contribution in [2.75, 3.05) is 19.7 Å². The summed E-state index contributed by atoms with van der Waals surface area (Å²) in [6.07, 6.45) is 7.87. The summed E-state index contributed by atoms with van der Waals surface area (Å²) < 4.78 is 6.93. The normalized spacial score (nSPS) is 19.8. The molecular formula is C18H28BrNO. The lowest BCUT2D eigenvalue weighted by Crippen LogP contribution is -2.26.